The SMILES string of the molecule is COCCc1cc(C(=O)NC[C@@]2(O)CCC[C@@H](C)C2)c2c(Cl)cccn12. The van der Waals surface area contributed by atoms with Gasteiger partial charge in [-0.15, -0.1) is 0 Å². The molecule has 3 rings (SSSR count). The summed E-state index contributed by atoms with van der Waals surface area (Å²) in [6.45, 7) is 2.98. The molecule has 0 bridgehead atoms. The number of amides is 1. The molecule has 0 unspecified atom stereocenters. The van der Waals surface area contributed by atoms with Gasteiger partial charge in [-0.2, -0.15) is 0 Å². The molecular weight excluding hydrogens is 352 g/mol. The maximum absolute atomic E-state index is 12.8. The highest BCUT2D eigenvalue weighted by Gasteiger charge is 2.33. The standard InChI is InChI=1S/C20H27ClN2O3/c1-14-5-3-8-20(25,12-14)13-22-19(24)16-11-15(7-10-26-2)23-9-4-6-17(21)18(16)23/h4,6,9,11,14,25H,3,5,7-8,10,12-13H2,1-2H3,(H,22,24)/t14-,20-/m1/s1. The van der Waals surface area contributed by atoms with Crippen molar-refractivity contribution >= 4 is 23.0 Å². The molecular formula is C20H27ClN2O3. The van der Waals surface area contributed by atoms with E-state index >= 15 is 0 Å². The lowest BCUT2D eigenvalue weighted by Crippen LogP contribution is -2.45. The van der Waals surface area contributed by atoms with Crippen molar-refractivity contribution < 1.29 is 14.6 Å². The van der Waals surface area contributed by atoms with Crippen LogP contribution in [0.25, 0.3) is 5.52 Å². The summed E-state index contributed by atoms with van der Waals surface area (Å²) in [6.07, 6.45) is 6.18. The molecule has 2 atom stereocenters. The molecule has 2 heterocycles. The molecule has 0 saturated heterocycles. The molecule has 6 heteroatoms. The van der Waals surface area contributed by atoms with Gasteiger partial charge in [0.1, 0.15) is 0 Å². The Balaban J connectivity index is 1.81. The van der Waals surface area contributed by atoms with Crippen LogP contribution in [0.2, 0.25) is 5.02 Å². The van der Waals surface area contributed by atoms with Crippen LogP contribution in [0.15, 0.2) is 24.4 Å². The average molecular weight is 379 g/mol. The highest BCUT2D eigenvalue weighted by molar-refractivity contribution is 6.34. The van der Waals surface area contributed by atoms with Crippen LogP contribution in [0.1, 0.15) is 48.7 Å². The number of hydrogen-bond acceptors (Lipinski definition) is 3. The van der Waals surface area contributed by atoms with E-state index in [0.717, 1.165) is 31.4 Å². The number of ether oxygens (including phenoxy) is 1. The minimum absolute atomic E-state index is 0.203. The molecule has 1 saturated carbocycles. The number of pyridine rings is 1. The summed E-state index contributed by atoms with van der Waals surface area (Å²) in [6, 6.07) is 5.51. The first-order chi connectivity index (χ1) is 12.4. The summed E-state index contributed by atoms with van der Waals surface area (Å²) in [5.74, 6) is 0.280. The van der Waals surface area contributed by atoms with Crippen LogP contribution in [0.5, 0.6) is 0 Å². The second-order valence-electron chi connectivity index (χ2n) is 7.48. The molecule has 142 valence electrons. The molecule has 2 N–H and O–H groups in total. The molecule has 0 aliphatic heterocycles. The average Bonchev–Trinajstić information content (AvgIpc) is 2.98. The number of methoxy groups -OCH3 is 1. The highest BCUT2D eigenvalue weighted by atomic mass is 35.5. The minimum Gasteiger partial charge on any atom is -0.388 e. The maximum Gasteiger partial charge on any atom is 0.253 e. The fourth-order valence-corrected chi connectivity index (χ4v) is 4.26. The van der Waals surface area contributed by atoms with Gasteiger partial charge in [-0.05, 0) is 37.0 Å². The Bertz CT molecular complexity index is 789. The van der Waals surface area contributed by atoms with E-state index in [1.807, 2.05) is 22.7 Å². The Morgan fingerprint density at radius 1 is 1.54 bits per heavy atom. The number of rotatable bonds is 6. The van der Waals surface area contributed by atoms with Crippen LogP contribution >= 0.6 is 11.6 Å². The normalized spacial score (nSPS) is 23.3. The number of nitrogens with zero attached hydrogens (tertiary/aromatic N) is 1. The molecule has 1 aliphatic carbocycles. The van der Waals surface area contributed by atoms with Crippen molar-refractivity contribution in [1.82, 2.24) is 9.72 Å². The number of hydrogen-bond donors (Lipinski definition) is 2. The first-order valence-corrected chi connectivity index (χ1v) is 9.59. The zero-order valence-electron chi connectivity index (χ0n) is 15.4. The fraction of sp³-hybridized carbons (Fsp3) is 0.550. The summed E-state index contributed by atoms with van der Waals surface area (Å²) in [4.78, 5) is 12.8. The topological polar surface area (TPSA) is 63.0 Å². The van der Waals surface area contributed by atoms with E-state index in [0.29, 0.717) is 35.0 Å². The first kappa shape index (κ1) is 19.2. The van der Waals surface area contributed by atoms with Crippen LogP contribution in [0.4, 0.5) is 0 Å². The number of aromatic nitrogens is 1. The van der Waals surface area contributed by atoms with E-state index in [2.05, 4.69) is 12.2 Å². The largest absolute Gasteiger partial charge is 0.388 e. The summed E-state index contributed by atoms with van der Waals surface area (Å²) in [5.41, 5.74) is 1.39. The zero-order chi connectivity index (χ0) is 18.7. The summed E-state index contributed by atoms with van der Waals surface area (Å²) >= 11 is 6.37. The molecule has 0 spiro atoms. The van der Waals surface area contributed by atoms with Crippen molar-refractivity contribution in [3.05, 3.63) is 40.7 Å². The van der Waals surface area contributed by atoms with Gasteiger partial charge in [0.25, 0.3) is 5.91 Å². The van der Waals surface area contributed by atoms with Crippen LogP contribution < -0.4 is 5.32 Å². The smallest absolute Gasteiger partial charge is 0.253 e. The zero-order valence-corrected chi connectivity index (χ0v) is 16.2. The van der Waals surface area contributed by atoms with Gasteiger partial charge in [-0.3, -0.25) is 4.79 Å². The maximum atomic E-state index is 12.8. The Labute approximate surface area is 159 Å². The number of carbonyl (C=O) groups excluding carboxylic acids is 1. The molecule has 26 heavy (non-hydrogen) atoms. The Morgan fingerprint density at radius 3 is 3.08 bits per heavy atom. The second-order valence-corrected chi connectivity index (χ2v) is 7.88. The summed E-state index contributed by atoms with van der Waals surface area (Å²) in [7, 11) is 1.66. The molecule has 5 nitrogen and oxygen atoms in total. The predicted molar refractivity (Wildman–Crippen MR) is 103 cm³/mol. The van der Waals surface area contributed by atoms with Gasteiger partial charge in [-0.25, -0.2) is 0 Å². The Kier molecular flexibility index (Phi) is 5.90. The highest BCUT2D eigenvalue weighted by Crippen LogP contribution is 2.32. The van der Waals surface area contributed by atoms with Crippen molar-refractivity contribution in [2.24, 2.45) is 5.92 Å². The number of halogens is 1. The number of carbonyl (C=O) groups is 1. The van der Waals surface area contributed by atoms with Gasteiger partial charge in [0.2, 0.25) is 0 Å². The predicted octanol–water partition coefficient (Wildman–Crippen LogP) is 3.45. The van der Waals surface area contributed by atoms with Crippen molar-refractivity contribution in [3.63, 3.8) is 0 Å². The number of fused-ring (bicyclic) bond motifs is 1. The minimum atomic E-state index is -0.814. The van der Waals surface area contributed by atoms with E-state index in [4.69, 9.17) is 16.3 Å². The van der Waals surface area contributed by atoms with Gasteiger partial charge in [0.15, 0.2) is 0 Å². The number of nitrogens with one attached hydrogen (secondary N) is 1. The Hall–Kier alpha value is -1.56. The Morgan fingerprint density at radius 2 is 2.35 bits per heavy atom. The van der Waals surface area contributed by atoms with Crippen LogP contribution in [0.3, 0.4) is 0 Å². The van der Waals surface area contributed by atoms with Gasteiger partial charge in [0, 0.05) is 32.0 Å². The van der Waals surface area contributed by atoms with E-state index < -0.39 is 5.60 Å². The van der Waals surface area contributed by atoms with Crippen LogP contribution in [-0.2, 0) is 11.2 Å². The van der Waals surface area contributed by atoms with Gasteiger partial charge in [0.05, 0.1) is 28.3 Å². The summed E-state index contributed by atoms with van der Waals surface area (Å²) in [5, 5.41) is 14.2. The molecule has 0 aromatic carbocycles. The third-order valence-corrected chi connectivity index (χ3v) is 5.58. The quantitative estimate of drug-likeness (QED) is 0.809. The fourth-order valence-electron chi connectivity index (χ4n) is 3.99. The molecule has 1 amide bonds. The van der Waals surface area contributed by atoms with Crippen molar-refractivity contribution in [2.75, 3.05) is 20.3 Å². The van der Waals surface area contributed by atoms with Crippen LogP contribution in [0, 0.1) is 5.92 Å². The van der Waals surface area contributed by atoms with E-state index in [1.54, 1.807) is 13.2 Å². The third-order valence-electron chi connectivity index (χ3n) is 5.27. The second kappa shape index (κ2) is 7.99. The summed E-state index contributed by atoms with van der Waals surface area (Å²) < 4.78 is 7.10. The molecule has 2 aromatic heterocycles. The van der Waals surface area contributed by atoms with Crippen molar-refractivity contribution in [3.8, 4) is 0 Å². The van der Waals surface area contributed by atoms with E-state index in [9.17, 15) is 9.90 Å². The van der Waals surface area contributed by atoms with Crippen LogP contribution in [-0.4, -0.2) is 41.3 Å². The van der Waals surface area contributed by atoms with Crippen molar-refractivity contribution in [2.45, 2.75) is 44.6 Å². The lowest BCUT2D eigenvalue weighted by Gasteiger charge is -2.35. The van der Waals surface area contributed by atoms with E-state index in [1.165, 1.54) is 0 Å². The lowest BCUT2D eigenvalue weighted by molar-refractivity contribution is -0.0109. The molecule has 1 aliphatic rings. The lowest BCUT2D eigenvalue weighted by atomic mass is 9.79. The molecule has 2 aromatic rings. The number of aliphatic hydroxyl groups is 1. The third kappa shape index (κ3) is 4.05. The molecule has 1 fully saturated rings. The monoisotopic (exact) mass is 378 g/mol. The first-order valence-electron chi connectivity index (χ1n) is 9.21. The molecule has 0 radical (unpaired) electrons. The van der Waals surface area contributed by atoms with Gasteiger partial charge < -0.3 is 19.6 Å². The van der Waals surface area contributed by atoms with Gasteiger partial charge >= 0.3 is 0 Å². The van der Waals surface area contributed by atoms with E-state index in [-0.39, 0.29) is 12.5 Å². The van der Waals surface area contributed by atoms with Crippen molar-refractivity contribution in [1.29, 1.82) is 0 Å². The van der Waals surface area contributed by atoms with Gasteiger partial charge in [-0.1, -0.05) is 31.4 Å².